The SMILES string of the molecule is CS(=O)(=O)N1CCCC1C(=O)N1CCCC1CO. The summed E-state index contributed by atoms with van der Waals surface area (Å²) in [5.74, 6) is -0.144. The van der Waals surface area contributed by atoms with Crippen LogP contribution in [0.25, 0.3) is 0 Å². The van der Waals surface area contributed by atoms with Crippen LogP contribution < -0.4 is 0 Å². The molecule has 2 heterocycles. The average molecular weight is 276 g/mol. The molecule has 2 saturated heterocycles. The van der Waals surface area contributed by atoms with Crippen LogP contribution in [0, 0.1) is 0 Å². The molecular weight excluding hydrogens is 256 g/mol. The number of hydrogen-bond donors (Lipinski definition) is 1. The fraction of sp³-hybridized carbons (Fsp3) is 0.909. The van der Waals surface area contributed by atoms with Crippen molar-refractivity contribution in [1.29, 1.82) is 0 Å². The third-order valence-corrected chi connectivity index (χ3v) is 5.07. The molecule has 1 N–H and O–H groups in total. The highest BCUT2D eigenvalue weighted by atomic mass is 32.2. The van der Waals surface area contributed by atoms with E-state index in [1.165, 1.54) is 4.31 Å². The molecule has 0 aromatic heterocycles. The summed E-state index contributed by atoms with van der Waals surface area (Å²) < 4.78 is 24.5. The molecule has 1 amide bonds. The number of sulfonamides is 1. The summed E-state index contributed by atoms with van der Waals surface area (Å²) in [5, 5.41) is 9.23. The van der Waals surface area contributed by atoms with Gasteiger partial charge in [-0.2, -0.15) is 4.31 Å². The summed E-state index contributed by atoms with van der Waals surface area (Å²) in [6.07, 6.45) is 4.13. The van der Waals surface area contributed by atoms with Crippen LogP contribution in [0.3, 0.4) is 0 Å². The van der Waals surface area contributed by atoms with Crippen molar-refractivity contribution in [3.05, 3.63) is 0 Å². The van der Waals surface area contributed by atoms with Crippen LogP contribution in [0.15, 0.2) is 0 Å². The molecule has 0 aromatic carbocycles. The molecule has 18 heavy (non-hydrogen) atoms. The maximum absolute atomic E-state index is 12.4. The number of rotatable bonds is 3. The first kappa shape index (κ1) is 13.8. The van der Waals surface area contributed by atoms with E-state index >= 15 is 0 Å². The van der Waals surface area contributed by atoms with E-state index in [0.29, 0.717) is 19.5 Å². The highest BCUT2D eigenvalue weighted by Gasteiger charge is 2.41. The first-order chi connectivity index (χ1) is 8.45. The second-order valence-corrected chi connectivity index (χ2v) is 6.98. The van der Waals surface area contributed by atoms with Crippen LogP contribution in [-0.2, 0) is 14.8 Å². The van der Waals surface area contributed by atoms with Gasteiger partial charge in [0.15, 0.2) is 0 Å². The zero-order valence-corrected chi connectivity index (χ0v) is 11.4. The monoisotopic (exact) mass is 276 g/mol. The Bertz CT molecular complexity index is 423. The van der Waals surface area contributed by atoms with Gasteiger partial charge in [0.1, 0.15) is 6.04 Å². The summed E-state index contributed by atoms with van der Waals surface area (Å²) in [6.45, 7) is 1.00. The van der Waals surface area contributed by atoms with Gasteiger partial charge in [0.2, 0.25) is 15.9 Å². The van der Waals surface area contributed by atoms with E-state index in [9.17, 15) is 18.3 Å². The van der Waals surface area contributed by atoms with Crippen LogP contribution >= 0.6 is 0 Å². The van der Waals surface area contributed by atoms with Gasteiger partial charge in [-0.1, -0.05) is 0 Å². The van der Waals surface area contributed by atoms with Crippen molar-refractivity contribution in [3.63, 3.8) is 0 Å². The normalized spacial score (nSPS) is 30.0. The van der Waals surface area contributed by atoms with Gasteiger partial charge in [-0.25, -0.2) is 8.42 Å². The molecule has 0 aliphatic carbocycles. The lowest BCUT2D eigenvalue weighted by molar-refractivity contribution is -0.136. The predicted octanol–water partition coefficient (Wildman–Crippen LogP) is -0.606. The van der Waals surface area contributed by atoms with Crippen molar-refractivity contribution in [2.75, 3.05) is 26.0 Å². The maximum atomic E-state index is 12.4. The molecule has 2 atom stereocenters. The van der Waals surface area contributed by atoms with Crippen LogP contribution in [0.4, 0.5) is 0 Å². The highest BCUT2D eigenvalue weighted by molar-refractivity contribution is 7.88. The fourth-order valence-electron chi connectivity index (χ4n) is 2.89. The van der Waals surface area contributed by atoms with Gasteiger partial charge in [-0.15, -0.1) is 0 Å². The number of hydrogen-bond acceptors (Lipinski definition) is 4. The number of nitrogens with zero attached hydrogens (tertiary/aromatic N) is 2. The topological polar surface area (TPSA) is 77.9 Å². The van der Waals surface area contributed by atoms with Crippen LogP contribution in [0.5, 0.6) is 0 Å². The molecule has 0 radical (unpaired) electrons. The minimum absolute atomic E-state index is 0.0443. The molecule has 2 rings (SSSR count). The lowest BCUT2D eigenvalue weighted by Gasteiger charge is -2.29. The lowest BCUT2D eigenvalue weighted by atomic mass is 10.2. The summed E-state index contributed by atoms with van der Waals surface area (Å²) in [4.78, 5) is 14.0. The Morgan fingerprint density at radius 1 is 1.28 bits per heavy atom. The molecule has 2 unspecified atom stereocenters. The Kier molecular flexibility index (Phi) is 3.93. The maximum Gasteiger partial charge on any atom is 0.241 e. The van der Waals surface area contributed by atoms with E-state index in [2.05, 4.69) is 0 Å². The molecule has 0 saturated carbocycles. The van der Waals surface area contributed by atoms with Crippen LogP contribution in [0.2, 0.25) is 0 Å². The van der Waals surface area contributed by atoms with E-state index in [4.69, 9.17) is 0 Å². The Labute approximate surface area is 108 Å². The summed E-state index contributed by atoms with van der Waals surface area (Å²) in [6, 6.07) is -0.702. The molecule has 0 bridgehead atoms. The number of aliphatic hydroxyl groups excluding tert-OH is 1. The largest absolute Gasteiger partial charge is 0.394 e. The van der Waals surface area contributed by atoms with Gasteiger partial charge in [0.05, 0.1) is 18.9 Å². The average Bonchev–Trinajstić information content (AvgIpc) is 2.95. The van der Waals surface area contributed by atoms with Crippen molar-refractivity contribution in [1.82, 2.24) is 9.21 Å². The van der Waals surface area contributed by atoms with Gasteiger partial charge >= 0.3 is 0 Å². The summed E-state index contributed by atoms with van der Waals surface area (Å²) >= 11 is 0. The van der Waals surface area contributed by atoms with E-state index in [-0.39, 0.29) is 18.6 Å². The Hall–Kier alpha value is -0.660. The Morgan fingerprint density at radius 3 is 2.56 bits per heavy atom. The number of carbonyl (C=O) groups is 1. The zero-order valence-electron chi connectivity index (χ0n) is 10.6. The number of amides is 1. The molecule has 0 aromatic rings. The molecular formula is C11H20N2O4S. The quantitative estimate of drug-likeness (QED) is 0.746. The fourth-order valence-corrected chi connectivity index (χ4v) is 4.01. The van der Waals surface area contributed by atoms with Crippen LogP contribution in [-0.4, -0.2) is 66.7 Å². The molecule has 0 spiro atoms. The minimum atomic E-state index is -3.33. The molecule has 104 valence electrons. The zero-order chi connectivity index (χ0) is 13.3. The van der Waals surface area contributed by atoms with Gasteiger partial charge in [-0.3, -0.25) is 4.79 Å². The van der Waals surface area contributed by atoms with Crippen molar-refractivity contribution < 1.29 is 18.3 Å². The second-order valence-electron chi connectivity index (χ2n) is 5.04. The standard InChI is InChI=1S/C11H20N2O4S/c1-18(16,17)13-7-3-5-10(13)11(15)12-6-2-4-9(12)8-14/h9-10,14H,2-8H2,1H3. The van der Waals surface area contributed by atoms with Crippen LogP contribution in [0.1, 0.15) is 25.7 Å². The van der Waals surface area contributed by atoms with E-state index in [1.807, 2.05) is 0 Å². The Balaban J connectivity index is 2.13. The molecule has 6 nitrogen and oxygen atoms in total. The molecule has 7 heteroatoms. The third-order valence-electron chi connectivity index (χ3n) is 3.79. The van der Waals surface area contributed by atoms with Gasteiger partial charge in [0.25, 0.3) is 0 Å². The highest BCUT2D eigenvalue weighted by Crippen LogP contribution is 2.26. The van der Waals surface area contributed by atoms with Crippen molar-refractivity contribution in [3.8, 4) is 0 Å². The number of likely N-dealkylation sites (tertiary alicyclic amines) is 1. The van der Waals surface area contributed by atoms with Crippen molar-refractivity contribution >= 4 is 15.9 Å². The molecule has 2 aliphatic rings. The first-order valence-corrected chi connectivity index (χ1v) is 8.18. The smallest absolute Gasteiger partial charge is 0.241 e. The minimum Gasteiger partial charge on any atom is -0.394 e. The van der Waals surface area contributed by atoms with Gasteiger partial charge < -0.3 is 10.0 Å². The van der Waals surface area contributed by atoms with Gasteiger partial charge in [0, 0.05) is 13.1 Å². The molecule has 2 fully saturated rings. The van der Waals surface area contributed by atoms with Gasteiger partial charge in [-0.05, 0) is 25.7 Å². The third kappa shape index (κ3) is 2.53. The van der Waals surface area contributed by atoms with E-state index in [0.717, 1.165) is 25.5 Å². The second kappa shape index (κ2) is 5.14. The Morgan fingerprint density at radius 2 is 1.94 bits per heavy atom. The number of carbonyl (C=O) groups excluding carboxylic acids is 1. The van der Waals surface area contributed by atoms with Crippen molar-refractivity contribution in [2.45, 2.75) is 37.8 Å². The first-order valence-electron chi connectivity index (χ1n) is 6.33. The summed E-state index contributed by atoms with van der Waals surface area (Å²) in [7, 11) is -3.33. The number of aliphatic hydroxyl groups is 1. The predicted molar refractivity (Wildman–Crippen MR) is 66.4 cm³/mol. The van der Waals surface area contributed by atoms with Crippen molar-refractivity contribution in [2.24, 2.45) is 0 Å². The van der Waals surface area contributed by atoms with E-state index in [1.54, 1.807) is 4.90 Å². The summed E-state index contributed by atoms with van der Waals surface area (Å²) in [5.41, 5.74) is 0. The lowest BCUT2D eigenvalue weighted by Crippen LogP contribution is -2.49. The molecule has 2 aliphatic heterocycles. The van der Waals surface area contributed by atoms with E-state index < -0.39 is 16.1 Å².